The van der Waals surface area contributed by atoms with Crippen molar-refractivity contribution in [2.75, 3.05) is 6.54 Å². The van der Waals surface area contributed by atoms with Crippen LogP contribution in [0.4, 0.5) is 0 Å². The van der Waals surface area contributed by atoms with Gasteiger partial charge in [0, 0.05) is 6.54 Å². The Labute approximate surface area is 121 Å². The quantitative estimate of drug-likeness (QED) is 0.867. The van der Waals surface area contributed by atoms with Crippen molar-refractivity contribution in [2.45, 2.75) is 38.0 Å². The minimum Gasteiger partial charge on any atom is -0.207 e. The third-order valence-electron chi connectivity index (χ3n) is 4.83. The summed E-state index contributed by atoms with van der Waals surface area (Å²) >= 11 is 0. The average molecular weight is 291 g/mol. The topological polar surface area (TPSA) is 46.2 Å². The maximum atomic E-state index is 12.3. The Balaban J connectivity index is 1.73. The highest BCUT2D eigenvalue weighted by Gasteiger charge is 2.36. The lowest BCUT2D eigenvalue weighted by atomic mass is 9.93. The number of rotatable bonds is 4. The van der Waals surface area contributed by atoms with Crippen molar-refractivity contribution in [3.05, 3.63) is 41.0 Å². The molecule has 3 nitrogen and oxygen atoms in total. The molecule has 0 aliphatic heterocycles. The second kappa shape index (κ2) is 5.01. The monoisotopic (exact) mass is 291 g/mol. The van der Waals surface area contributed by atoms with Crippen LogP contribution in [-0.4, -0.2) is 15.0 Å². The van der Waals surface area contributed by atoms with Crippen LogP contribution >= 0.6 is 0 Å². The molecule has 2 atom stereocenters. The molecule has 108 valence electrons. The molecule has 2 unspecified atom stereocenters. The van der Waals surface area contributed by atoms with Crippen LogP contribution in [0.15, 0.2) is 40.3 Å². The van der Waals surface area contributed by atoms with E-state index in [1.807, 2.05) is 19.1 Å². The van der Waals surface area contributed by atoms with Crippen LogP contribution in [-0.2, 0) is 10.0 Å². The van der Waals surface area contributed by atoms with Crippen LogP contribution in [0.25, 0.3) is 0 Å². The molecule has 1 N–H and O–H groups in total. The molecule has 0 radical (unpaired) electrons. The van der Waals surface area contributed by atoms with E-state index >= 15 is 0 Å². The fraction of sp³-hybridized carbons (Fsp3) is 0.500. The van der Waals surface area contributed by atoms with Gasteiger partial charge in [-0.3, -0.25) is 0 Å². The first-order chi connectivity index (χ1) is 9.47. The average Bonchev–Trinajstić information content (AvgIpc) is 2.98. The minimum absolute atomic E-state index is 0.351. The zero-order valence-electron chi connectivity index (χ0n) is 12.0. The number of aryl methyl sites for hydroxylation is 1. The van der Waals surface area contributed by atoms with E-state index in [1.54, 1.807) is 12.1 Å². The van der Waals surface area contributed by atoms with Gasteiger partial charge >= 0.3 is 0 Å². The molecule has 1 aromatic carbocycles. The van der Waals surface area contributed by atoms with Crippen LogP contribution in [0.1, 0.15) is 31.7 Å². The standard InChI is InChI=1S/C16H21NO2S/c1-11-3-7-15(8-4-11)20(18,19)17-10-16-12(2)13-5-6-14(16)9-13/h3-4,7-8,13-14,17H,5-6,9-10H2,1-2H3. The summed E-state index contributed by atoms with van der Waals surface area (Å²) < 4.78 is 27.3. The molecule has 0 aromatic heterocycles. The van der Waals surface area contributed by atoms with Crippen molar-refractivity contribution in [3.8, 4) is 0 Å². The summed E-state index contributed by atoms with van der Waals surface area (Å²) in [6, 6.07) is 6.99. The number of sulfonamides is 1. The smallest absolute Gasteiger partial charge is 0.207 e. The molecule has 1 aromatic rings. The van der Waals surface area contributed by atoms with Gasteiger partial charge < -0.3 is 0 Å². The maximum absolute atomic E-state index is 12.3. The van der Waals surface area contributed by atoms with E-state index in [-0.39, 0.29) is 0 Å². The molecular weight excluding hydrogens is 270 g/mol. The van der Waals surface area contributed by atoms with E-state index in [4.69, 9.17) is 0 Å². The van der Waals surface area contributed by atoms with Gasteiger partial charge in [0.1, 0.15) is 0 Å². The molecule has 2 aliphatic carbocycles. The third kappa shape index (κ3) is 2.42. The molecule has 0 amide bonds. The second-order valence-electron chi connectivity index (χ2n) is 6.05. The Morgan fingerprint density at radius 1 is 1.10 bits per heavy atom. The Hall–Kier alpha value is -1.13. The zero-order chi connectivity index (χ0) is 14.3. The Kier molecular flexibility index (Phi) is 3.46. The number of allylic oxidation sites excluding steroid dienone is 1. The summed E-state index contributed by atoms with van der Waals surface area (Å²) in [5, 5.41) is 0. The van der Waals surface area contributed by atoms with E-state index in [9.17, 15) is 8.42 Å². The van der Waals surface area contributed by atoms with E-state index < -0.39 is 10.0 Å². The zero-order valence-corrected chi connectivity index (χ0v) is 12.8. The second-order valence-corrected chi connectivity index (χ2v) is 7.82. The summed E-state index contributed by atoms with van der Waals surface area (Å²) in [6.45, 7) is 4.59. The predicted octanol–water partition coefficient (Wildman–Crippen LogP) is 3.02. The van der Waals surface area contributed by atoms with Gasteiger partial charge in [-0.15, -0.1) is 0 Å². The summed E-state index contributed by atoms with van der Waals surface area (Å²) in [4.78, 5) is 0.351. The molecule has 0 saturated heterocycles. The maximum Gasteiger partial charge on any atom is 0.240 e. The van der Waals surface area contributed by atoms with Crippen molar-refractivity contribution in [1.82, 2.24) is 4.72 Å². The molecule has 1 fully saturated rings. The van der Waals surface area contributed by atoms with Crippen LogP contribution in [0.3, 0.4) is 0 Å². The lowest BCUT2D eigenvalue weighted by molar-refractivity contribution is 0.576. The molecule has 1 saturated carbocycles. The van der Waals surface area contributed by atoms with Gasteiger partial charge in [0.25, 0.3) is 0 Å². The largest absolute Gasteiger partial charge is 0.240 e. The van der Waals surface area contributed by atoms with Crippen molar-refractivity contribution in [1.29, 1.82) is 0 Å². The molecule has 0 spiro atoms. The highest BCUT2D eigenvalue weighted by molar-refractivity contribution is 7.89. The number of hydrogen-bond acceptors (Lipinski definition) is 2. The summed E-state index contributed by atoms with van der Waals surface area (Å²) in [7, 11) is -3.39. The van der Waals surface area contributed by atoms with Gasteiger partial charge in [0.15, 0.2) is 0 Å². The van der Waals surface area contributed by atoms with Crippen molar-refractivity contribution >= 4 is 10.0 Å². The SMILES string of the molecule is CC1=C(CNS(=O)(=O)c2ccc(C)cc2)C2CCC1C2. The van der Waals surface area contributed by atoms with Crippen LogP contribution in [0.5, 0.6) is 0 Å². The molecule has 0 heterocycles. The first kappa shape index (κ1) is 13.8. The highest BCUT2D eigenvalue weighted by Crippen LogP contribution is 2.47. The summed E-state index contributed by atoms with van der Waals surface area (Å²) in [6.07, 6.45) is 3.74. The molecule has 3 rings (SSSR count). The lowest BCUT2D eigenvalue weighted by Gasteiger charge is -2.18. The van der Waals surface area contributed by atoms with Gasteiger partial charge in [-0.1, -0.05) is 28.8 Å². The van der Waals surface area contributed by atoms with E-state index in [1.165, 1.54) is 30.4 Å². The van der Waals surface area contributed by atoms with Gasteiger partial charge in [-0.05, 0) is 57.1 Å². The first-order valence-corrected chi connectivity index (χ1v) is 8.71. The number of hydrogen-bond donors (Lipinski definition) is 1. The fourth-order valence-electron chi connectivity index (χ4n) is 3.53. The van der Waals surface area contributed by atoms with Gasteiger partial charge in [0.2, 0.25) is 10.0 Å². The number of fused-ring (bicyclic) bond motifs is 2. The van der Waals surface area contributed by atoms with Gasteiger partial charge in [-0.25, -0.2) is 13.1 Å². The van der Waals surface area contributed by atoms with Crippen LogP contribution in [0, 0.1) is 18.8 Å². The van der Waals surface area contributed by atoms with Crippen LogP contribution < -0.4 is 4.72 Å². The fourth-order valence-corrected chi connectivity index (χ4v) is 4.54. The van der Waals surface area contributed by atoms with E-state index in [0.29, 0.717) is 23.3 Å². The molecule has 2 aliphatic rings. The normalized spacial score (nSPS) is 25.5. The minimum atomic E-state index is -3.39. The lowest BCUT2D eigenvalue weighted by Crippen LogP contribution is -2.27. The number of nitrogens with one attached hydrogen (secondary N) is 1. The Bertz CT molecular complexity index is 644. The van der Waals surface area contributed by atoms with E-state index in [0.717, 1.165) is 5.56 Å². The Morgan fingerprint density at radius 3 is 2.35 bits per heavy atom. The van der Waals surface area contributed by atoms with Crippen molar-refractivity contribution in [3.63, 3.8) is 0 Å². The van der Waals surface area contributed by atoms with Crippen LogP contribution in [0.2, 0.25) is 0 Å². The third-order valence-corrected chi connectivity index (χ3v) is 6.25. The summed E-state index contributed by atoms with van der Waals surface area (Å²) in [5.74, 6) is 1.32. The van der Waals surface area contributed by atoms with Gasteiger partial charge in [0.05, 0.1) is 4.90 Å². The first-order valence-electron chi connectivity index (χ1n) is 7.23. The molecule has 4 heteroatoms. The summed E-state index contributed by atoms with van der Waals surface area (Å²) in [5.41, 5.74) is 3.82. The van der Waals surface area contributed by atoms with Gasteiger partial charge in [-0.2, -0.15) is 0 Å². The number of benzene rings is 1. The highest BCUT2D eigenvalue weighted by atomic mass is 32.2. The molecule has 20 heavy (non-hydrogen) atoms. The van der Waals surface area contributed by atoms with E-state index in [2.05, 4.69) is 11.6 Å². The predicted molar refractivity (Wildman–Crippen MR) is 79.9 cm³/mol. The molecular formula is C16H21NO2S. The van der Waals surface area contributed by atoms with Crippen molar-refractivity contribution < 1.29 is 8.42 Å². The Morgan fingerprint density at radius 2 is 1.75 bits per heavy atom. The molecule has 2 bridgehead atoms. The van der Waals surface area contributed by atoms with Crippen molar-refractivity contribution in [2.24, 2.45) is 11.8 Å².